The van der Waals surface area contributed by atoms with E-state index in [1.165, 1.54) is 12.1 Å². The zero-order valence-electron chi connectivity index (χ0n) is 13.0. The Bertz CT molecular complexity index is 582. The molecule has 1 heterocycles. The summed E-state index contributed by atoms with van der Waals surface area (Å²) in [7, 11) is 0. The number of halogens is 2. The molecule has 1 saturated heterocycles. The highest BCUT2D eigenvalue weighted by Gasteiger charge is 2.30. The molecular formula is C16H21ClFN2O3+. The molecule has 2 N–H and O–H groups in total. The lowest BCUT2D eigenvalue weighted by molar-refractivity contribution is -0.899. The first-order valence-corrected chi connectivity index (χ1v) is 8.12. The first kappa shape index (κ1) is 17.7. The molecule has 1 amide bonds. The molecule has 1 aromatic rings. The average molecular weight is 344 g/mol. The number of quaternary nitrogens is 1. The van der Waals surface area contributed by atoms with Crippen LogP contribution in [-0.4, -0.2) is 38.1 Å². The highest BCUT2D eigenvalue weighted by atomic mass is 35.5. The van der Waals surface area contributed by atoms with E-state index in [0.717, 1.165) is 30.4 Å². The predicted octanol–water partition coefficient (Wildman–Crippen LogP) is 1.28. The Morgan fingerprint density at radius 2 is 2.26 bits per heavy atom. The summed E-state index contributed by atoms with van der Waals surface area (Å²) < 4.78 is 18.0. The Hall–Kier alpha value is -1.66. The summed E-state index contributed by atoms with van der Waals surface area (Å²) >= 11 is 5.89. The standard InChI is InChI=1S/C16H20ClFN2O3/c1-2-23-16(22)11-4-3-7-20(9-11)10-15(21)19-14-6-5-12(18)8-13(14)17/h5-6,8,11H,2-4,7,9-10H2,1H3,(H,19,21)/p+1/t11-/m1/s1. The van der Waals surface area contributed by atoms with Crippen molar-refractivity contribution in [2.75, 3.05) is 31.6 Å². The molecule has 1 aromatic carbocycles. The predicted molar refractivity (Wildman–Crippen MR) is 85.0 cm³/mol. The van der Waals surface area contributed by atoms with Gasteiger partial charge in [-0.05, 0) is 38.0 Å². The van der Waals surface area contributed by atoms with Crippen LogP contribution in [0.2, 0.25) is 5.02 Å². The molecule has 23 heavy (non-hydrogen) atoms. The number of piperidine rings is 1. The van der Waals surface area contributed by atoms with Crippen LogP contribution in [0.5, 0.6) is 0 Å². The lowest BCUT2D eigenvalue weighted by atomic mass is 9.98. The van der Waals surface area contributed by atoms with Gasteiger partial charge in [0, 0.05) is 0 Å². The van der Waals surface area contributed by atoms with Gasteiger partial charge >= 0.3 is 5.97 Å². The van der Waals surface area contributed by atoms with Crippen molar-refractivity contribution in [1.82, 2.24) is 0 Å². The van der Waals surface area contributed by atoms with Crippen molar-refractivity contribution in [3.8, 4) is 0 Å². The van der Waals surface area contributed by atoms with Crippen LogP contribution in [0.4, 0.5) is 10.1 Å². The number of nitrogens with one attached hydrogen (secondary N) is 2. The smallest absolute Gasteiger partial charge is 0.314 e. The summed E-state index contributed by atoms with van der Waals surface area (Å²) in [6, 6.07) is 3.83. The van der Waals surface area contributed by atoms with E-state index in [9.17, 15) is 14.0 Å². The molecular weight excluding hydrogens is 323 g/mol. The number of hydrogen-bond acceptors (Lipinski definition) is 3. The topological polar surface area (TPSA) is 59.8 Å². The van der Waals surface area contributed by atoms with E-state index in [4.69, 9.17) is 16.3 Å². The molecule has 2 rings (SSSR count). The van der Waals surface area contributed by atoms with Crippen LogP contribution in [0, 0.1) is 11.7 Å². The molecule has 0 spiro atoms. The van der Waals surface area contributed by atoms with Gasteiger partial charge in [0.2, 0.25) is 0 Å². The third-order valence-electron chi connectivity index (χ3n) is 3.85. The summed E-state index contributed by atoms with van der Waals surface area (Å²) in [6.07, 6.45) is 1.68. The van der Waals surface area contributed by atoms with Crippen molar-refractivity contribution < 1.29 is 23.6 Å². The van der Waals surface area contributed by atoms with Gasteiger partial charge in [-0.2, -0.15) is 0 Å². The Labute approximate surface area is 139 Å². The van der Waals surface area contributed by atoms with Crippen LogP contribution in [0.25, 0.3) is 0 Å². The number of anilines is 1. The Morgan fingerprint density at radius 3 is 2.96 bits per heavy atom. The zero-order valence-corrected chi connectivity index (χ0v) is 13.8. The lowest BCUT2D eigenvalue weighted by Gasteiger charge is -2.28. The van der Waals surface area contributed by atoms with Crippen molar-refractivity contribution in [3.63, 3.8) is 0 Å². The molecule has 2 atom stereocenters. The van der Waals surface area contributed by atoms with E-state index in [1.807, 2.05) is 0 Å². The zero-order chi connectivity index (χ0) is 16.8. The molecule has 0 aliphatic carbocycles. The third-order valence-corrected chi connectivity index (χ3v) is 4.17. The van der Waals surface area contributed by atoms with Gasteiger partial charge in [0.25, 0.3) is 5.91 Å². The Balaban J connectivity index is 1.88. The number of amides is 1. The van der Waals surface area contributed by atoms with Crippen molar-refractivity contribution in [1.29, 1.82) is 0 Å². The molecule has 126 valence electrons. The summed E-state index contributed by atoms with van der Waals surface area (Å²) in [4.78, 5) is 25.0. The molecule has 0 saturated carbocycles. The fourth-order valence-corrected chi connectivity index (χ4v) is 3.00. The minimum absolute atomic E-state index is 0.152. The maximum atomic E-state index is 13.0. The number of hydrogen-bond donors (Lipinski definition) is 2. The number of likely N-dealkylation sites (tertiary alicyclic amines) is 1. The normalized spacial score (nSPS) is 20.8. The molecule has 7 heteroatoms. The fourth-order valence-electron chi connectivity index (χ4n) is 2.79. The SMILES string of the molecule is CCOC(=O)[C@@H]1CCC[NH+](CC(=O)Nc2ccc(F)cc2Cl)C1. The molecule has 1 aliphatic rings. The minimum atomic E-state index is -0.452. The summed E-state index contributed by atoms with van der Waals surface area (Å²) in [5, 5.41) is 2.84. The summed E-state index contributed by atoms with van der Waals surface area (Å²) in [5.41, 5.74) is 0.386. The Kier molecular flexibility index (Phi) is 6.36. The number of carbonyl (C=O) groups excluding carboxylic acids is 2. The van der Waals surface area contributed by atoms with Crippen molar-refractivity contribution in [3.05, 3.63) is 29.0 Å². The van der Waals surface area contributed by atoms with Gasteiger partial charge < -0.3 is 15.0 Å². The second kappa shape index (κ2) is 8.26. The summed E-state index contributed by atoms with van der Waals surface area (Å²) in [6.45, 7) is 3.81. The molecule has 1 aliphatic heterocycles. The second-order valence-electron chi connectivity index (χ2n) is 5.64. The monoisotopic (exact) mass is 343 g/mol. The number of rotatable bonds is 5. The largest absolute Gasteiger partial charge is 0.466 e. The van der Waals surface area contributed by atoms with Crippen molar-refractivity contribution in [2.45, 2.75) is 19.8 Å². The maximum absolute atomic E-state index is 13.0. The van der Waals surface area contributed by atoms with Gasteiger partial charge in [0.15, 0.2) is 6.54 Å². The molecule has 0 radical (unpaired) electrons. The number of ether oxygens (including phenoxy) is 1. The van der Waals surface area contributed by atoms with Gasteiger partial charge in [0.1, 0.15) is 11.7 Å². The lowest BCUT2D eigenvalue weighted by Crippen LogP contribution is -3.14. The fraction of sp³-hybridized carbons (Fsp3) is 0.500. The molecule has 5 nitrogen and oxygen atoms in total. The molecule has 0 aromatic heterocycles. The summed E-state index contributed by atoms with van der Waals surface area (Å²) in [5.74, 6) is -1.00. The molecule has 1 unspecified atom stereocenters. The van der Waals surface area contributed by atoms with Crippen LogP contribution in [0.3, 0.4) is 0 Å². The third kappa shape index (κ3) is 5.18. The minimum Gasteiger partial charge on any atom is -0.466 e. The maximum Gasteiger partial charge on any atom is 0.314 e. The van der Waals surface area contributed by atoms with Gasteiger partial charge in [-0.15, -0.1) is 0 Å². The first-order chi connectivity index (χ1) is 11.0. The highest BCUT2D eigenvalue weighted by Crippen LogP contribution is 2.22. The van der Waals surface area contributed by atoms with Crippen LogP contribution < -0.4 is 10.2 Å². The van der Waals surface area contributed by atoms with E-state index in [0.29, 0.717) is 18.8 Å². The van der Waals surface area contributed by atoms with Crippen LogP contribution in [0.1, 0.15) is 19.8 Å². The van der Waals surface area contributed by atoms with Gasteiger partial charge in [-0.25, -0.2) is 4.39 Å². The van der Waals surface area contributed by atoms with Crippen LogP contribution in [-0.2, 0) is 14.3 Å². The highest BCUT2D eigenvalue weighted by molar-refractivity contribution is 6.33. The van der Waals surface area contributed by atoms with E-state index in [1.54, 1.807) is 6.92 Å². The van der Waals surface area contributed by atoms with Gasteiger partial charge in [-0.1, -0.05) is 11.6 Å². The average Bonchev–Trinajstić information content (AvgIpc) is 2.50. The molecule has 1 fully saturated rings. The quantitative estimate of drug-likeness (QED) is 0.792. The van der Waals surface area contributed by atoms with Crippen molar-refractivity contribution >= 4 is 29.2 Å². The van der Waals surface area contributed by atoms with E-state index < -0.39 is 5.82 Å². The number of benzene rings is 1. The van der Waals surface area contributed by atoms with E-state index in [-0.39, 0.29) is 29.4 Å². The Morgan fingerprint density at radius 1 is 1.48 bits per heavy atom. The first-order valence-electron chi connectivity index (χ1n) is 7.74. The van der Waals surface area contributed by atoms with Crippen LogP contribution in [0.15, 0.2) is 18.2 Å². The van der Waals surface area contributed by atoms with E-state index >= 15 is 0 Å². The van der Waals surface area contributed by atoms with Gasteiger partial charge in [0.05, 0.1) is 30.4 Å². The van der Waals surface area contributed by atoms with Gasteiger partial charge in [-0.3, -0.25) is 9.59 Å². The second-order valence-corrected chi connectivity index (χ2v) is 6.05. The van der Waals surface area contributed by atoms with Crippen molar-refractivity contribution in [2.24, 2.45) is 5.92 Å². The number of esters is 1. The van der Waals surface area contributed by atoms with Crippen LogP contribution >= 0.6 is 11.6 Å². The number of carbonyl (C=O) groups is 2. The van der Waals surface area contributed by atoms with E-state index in [2.05, 4.69) is 5.32 Å². The molecule has 0 bridgehead atoms.